The fraction of sp³-hybridized carbons (Fsp3) is 0.786. The lowest BCUT2D eigenvalue weighted by Crippen LogP contribution is -2.10. The van der Waals surface area contributed by atoms with Crippen LogP contribution < -0.4 is 0 Å². The van der Waals surface area contributed by atoms with Crippen molar-refractivity contribution in [1.82, 2.24) is 0 Å². The van der Waals surface area contributed by atoms with Crippen LogP contribution >= 0.6 is 0 Å². The lowest BCUT2D eigenvalue weighted by Gasteiger charge is -2.17. The smallest absolute Gasteiger partial charge is 0.310 e. The standard InChI is InChI=1S/C14H26O2/c1-5-12(13(15)16)10-8-6-7-9-11-14(2,3)4/h5,12H,1,6-11H2,2-4H3,(H,15,16). The van der Waals surface area contributed by atoms with Crippen LogP contribution in [0.5, 0.6) is 0 Å². The molecule has 2 heteroatoms. The summed E-state index contributed by atoms with van der Waals surface area (Å²) in [5.41, 5.74) is 0.421. The molecule has 0 bridgehead atoms. The van der Waals surface area contributed by atoms with Gasteiger partial charge in [-0.05, 0) is 18.3 Å². The first-order valence-electron chi connectivity index (χ1n) is 6.22. The van der Waals surface area contributed by atoms with Crippen molar-refractivity contribution in [1.29, 1.82) is 0 Å². The van der Waals surface area contributed by atoms with E-state index in [1.165, 1.54) is 25.3 Å². The summed E-state index contributed by atoms with van der Waals surface area (Å²) < 4.78 is 0. The van der Waals surface area contributed by atoms with Crippen molar-refractivity contribution < 1.29 is 9.90 Å². The van der Waals surface area contributed by atoms with Gasteiger partial charge in [0.1, 0.15) is 0 Å². The van der Waals surface area contributed by atoms with Crippen molar-refractivity contribution in [3.05, 3.63) is 12.7 Å². The summed E-state index contributed by atoms with van der Waals surface area (Å²) in [6.07, 6.45) is 8.10. The molecule has 0 saturated carbocycles. The molecule has 0 spiro atoms. The second kappa shape index (κ2) is 7.48. The highest BCUT2D eigenvalue weighted by Gasteiger charge is 2.12. The van der Waals surface area contributed by atoms with Crippen molar-refractivity contribution in [2.45, 2.75) is 59.3 Å². The van der Waals surface area contributed by atoms with Crippen LogP contribution in [0.1, 0.15) is 59.3 Å². The Morgan fingerprint density at radius 2 is 1.81 bits per heavy atom. The lowest BCUT2D eigenvalue weighted by atomic mass is 9.89. The maximum Gasteiger partial charge on any atom is 0.310 e. The van der Waals surface area contributed by atoms with Gasteiger partial charge in [0.15, 0.2) is 0 Å². The topological polar surface area (TPSA) is 37.3 Å². The molecule has 1 N–H and O–H groups in total. The minimum atomic E-state index is -0.746. The van der Waals surface area contributed by atoms with E-state index in [1.807, 2.05) is 0 Å². The highest BCUT2D eigenvalue weighted by atomic mass is 16.4. The van der Waals surface area contributed by atoms with E-state index in [1.54, 1.807) is 0 Å². The molecule has 0 aromatic rings. The first kappa shape index (κ1) is 15.2. The average Bonchev–Trinajstić information content (AvgIpc) is 2.14. The van der Waals surface area contributed by atoms with Crippen LogP contribution in [-0.2, 0) is 4.79 Å². The highest BCUT2D eigenvalue weighted by Crippen LogP contribution is 2.22. The van der Waals surface area contributed by atoms with Gasteiger partial charge in [-0.25, -0.2) is 0 Å². The van der Waals surface area contributed by atoms with Crippen LogP contribution in [0.15, 0.2) is 12.7 Å². The van der Waals surface area contributed by atoms with Crippen LogP contribution in [0, 0.1) is 11.3 Å². The first-order valence-corrected chi connectivity index (χ1v) is 6.22. The molecule has 0 fully saturated rings. The van der Waals surface area contributed by atoms with E-state index in [-0.39, 0.29) is 5.92 Å². The summed E-state index contributed by atoms with van der Waals surface area (Å²) in [5.74, 6) is -1.10. The molecule has 2 nitrogen and oxygen atoms in total. The van der Waals surface area contributed by atoms with E-state index in [9.17, 15) is 4.79 Å². The van der Waals surface area contributed by atoms with Gasteiger partial charge in [-0.3, -0.25) is 4.79 Å². The molecule has 0 radical (unpaired) electrons. The number of carbonyl (C=O) groups is 1. The van der Waals surface area contributed by atoms with Crippen LogP contribution in [-0.4, -0.2) is 11.1 Å². The number of unbranched alkanes of at least 4 members (excludes halogenated alkanes) is 3. The monoisotopic (exact) mass is 226 g/mol. The summed E-state index contributed by atoms with van der Waals surface area (Å²) in [6.45, 7) is 10.3. The quantitative estimate of drug-likeness (QED) is 0.496. The summed E-state index contributed by atoms with van der Waals surface area (Å²) in [4.78, 5) is 10.7. The molecule has 94 valence electrons. The SMILES string of the molecule is C=CC(CCCCCCC(C)(C)C)C(=O)O. The normalized spacial score (nSPS) is 13.4. The Bertz CT molecular complexity index is 213. The largest absolute Gasteiger partial charge is 0.481 e. The fourth-order valence-corrected chi connectivity index (χ4v) is 1.72. The molecular weight excluding hydrogens is 200 g/mol. The maximum atomic E-state index is 10.7. The van der Waals surface area contributed by atoms with Crippen molar-refractivity contribution in [3.8, 4) is 0 Å². The van der Waals surface area contributed by atoms with E-state index < -0.39 is 5.97 Å². The Hall–Kier alpha value is -0.790. The van der Waals surface area contributed by atoms with Gasteiger partial charge in [0.05, 0.1) is 5.92 Å². The Morgan fingerprint density at radius 1 is 1.25 bits per heavy atom. The Labute approximate surface area is 99.7 Å². The second-order valence-corrected chi connectivity index (χ2v) is 5.69. The highest BCUT2D eigenvalue weighted by molar-refractivity contribution is 5.71. The minimum Gasteiger partial charge on any atom is -0.481 e. The van der Waals surface area contributed by atoms with Crippen LogP contribution in [0.25, 0.3) is 0 Å². The fourth-order valence-electron chi connectivity index (χ4n) is 1.72. The number of rotatable bonds is 8. The number of carboxylic acid groups (broad SMARTS) is 1. The van der Waals surface area contributed by atoms with Crippen molar-refractivity contribution in [2.75, 3.05) is 0 Å². The molecule has 0 rings (SSSR count). The van der Waals surface area contributed by atoms with Crippen LogP contribution in [0.3, 0.4) is 0 Å². The van der Waals surface area contributed by atoms with Gasteiger partial charge in [-0.2, -0.15) is 0 Å². The van der Waals surface area contributed by atoms with Crippen LogP contribution in [0.2, 0.25) is 0 Å². The number of aliphatic carboxylic acids is 1. The number of carboxylic acids is 1. The molecule has 0 aliphatic heterocycles. The third-order valence-corrected chi connectivity index (χ3v) is 2.79. The summed E-state index contributed by atoms with van der Waals surface area (Å²) in [5, 5.41) is 8.81. The zero-order valence-electron chi connectivity index (χ0n) is 11.0. The van der Waals surface area contributed by atoms with E-state index in [0.717, 1.165) is 19.3 Å². The Kier molecular flexibility index (Phi) is 7.11. The van der Waals surface area contributed by atoms with Crippen molar-refractivity contribution in [3.63, 3.8) is 0 Å². The number of hydrogen-bond donors (Lipinski definition) is 1. The van der Waals surface area contributed by atoms with E-state index in [0.29, 0.717) is 5.41 Å². The number of hydrogen-bond acceptors (Lipinski definition) is 1. The van der Waals surface area contributed by atoms with Gasteiger partial charge in [0, 0.05) is 0 Å². The maximum absolute atomic E-state index is 10.7. The molecule has 0 heterocycles. The van der Waals surface area contributed by atoms with E-state index in [2.05, 4.69) is 27.4 Å². The van der Waals surface area contributed by atoms with Gasteiger partial charge in [0.25, 0.3) is 0 Å². The second-order valence-electron chi connectivity index (χ2n) is 5.69. The average molecular weight is 226 g/mol. The van der Waals surface area contributed by atoms with Gasteiger partial charge >= 0.3 is 5.97 Å². The predicted molar refractivity (Wildman–Crippen MR) is 68.5 cm³/mol. The zero-order chi connectivity index (χ0) is 12.6. The Balaban J connectivity index is 3.46. The van der Waals surface area contributed by atoms with Gasteiger partial charge in [-0.15, -0.1) is 6.58 Å². The lowest BCUT2D eigenvalue weighted by molar-refractivity contribution is -0.140. The first-order chi connectivity index (χ1) is 7.37. The summed E-state index contributed by atoms with van der Waals surface area (Å²) in [6, 6.07) is 0. The molecule has 0 amide bonds. The van der Waals surface area contributed by atoms with Crippen molar-refractivity contribution in [2.24, 2.45) is 11.3 Å². The van der Waals surface area contributed by atoms with E-state index >= 15 is 0 Å². The van der Waals surface area contributed by atoms with Crippen molar-refractivity contribution >= 4 is 5.97 Å². The third-order valence-electron chi connectivity index (χ3n) is 2.79. The molecule has 0 aliphatic carbocycles. The Morgan fingerprint density at radius 3 is 2.25 bits per heavy atom. The van der Waals surface area contributed by atoms with E-state index in [4.69, 9.17) is 5.11 Å². The molecule has 16 heavy (non-hydrogen) atoms. The molecule has 1 unspecified atom stereocenters. The zero-order valence-corrected chi connectivity index (χ0v) is 11.0. The predicted octanol–water partition coefficient (Wildman–Crippen LogP) is 4.26. The van der Waals surface area contributed by atoms with Crippen LogP contribution in [0.4, 0.5) is 0 Å². The molecule has 0 aromatic carbocycles. The summed E-state index contributed by atoms with van der Waals surface area (Å²) >= 11 is 0. The van der Waals surface area contributed by atoms with Gasteiger partial charge < -0.3 is 5.11 Å². The summed E-state index contributed by atoms with van der Waals surface area (Å²) in [7, 11) is 0. The molecular formula is C14H26O2. The molecule has 0 aliphatic rings. The van der Waals surface area contributed by atoms with Gasteiger partial charge in [0.2, 0.25) is 0 Å². The minimum absolute atomic E-state index is 0.359. The molecule has 0 aromatic heterocycles. The van der Waals surface area contributed by atoms with Gasteiger partial charge in [-0.1, -0.05) is 52.5 Å². The molecule has 1 atom stereocenters. The molecule has 0 saturated heterocycles. The third kappa shape index (κ3) is 8.51.